The standard InChI is InChI=1S/C24H17ClS/c25-22-16-9-15-21-20-14-7-8-17-23(20)26(24(21)22,18-10-3-1-4-11-18)19-12-5-2-6-13-19/h1-17H. The molecule has 0 aliphatic carbocycles. The van der Waals surface area contributed by atoms with Gasteiger partial charge in [0.15, 0.2) is 0 Å². The topological polar surface area (TPSA) is 0 Å². The molecule has 126 valence electrons. The minimum absolute atomic E-state index is 0.849. The van der Waals surface area contributed by atoms with Gasteiger partial charge in [0.2, 0.25) is 0 Å². The van der Waals surface area contributed by atoms with Crippen LogP contribution in [0.15, 0.2) is 123 Å². The van der Waals surface area contributed by atoms with Crippen LogP contribution in [0.1, 0.15) is 0 Å². The minimum atomic E-state index is -1.60. The normalized spacial score (nSPS) is 15.1. The fourth-order valence-corrected chi connectivity index (χ4v) is 8.76. The lowest BCUT2D eigenvalue weighted by atomic mass is 10.1. The fourth-order valence-electron chi connectivity index (χ4n) is 3.97. The SMILES string of the molecule is Clc1cccc2c1S(c1ccccc1)(c1ccccc1)c1ccccc1-2. The summed E-state index contributed by atoms with van der Waals surface area (Å²) in [6.45, 7) is 0. The van der Waals surface area contributed by atoms with Gasteiger partial charge in [-0.2, -0.15) is 0 Å². The fraction of sp³-hybridized carbons (Fsp3) is 0. The van der Waals surface area contributed by atoms with Crippen molar-refractivity contribution >= 4 is 21.6 Å². The molecule has 0 spiro atoms. The first kappa shape index (κ1) is 15.7. The molecule has 0 atom stereocenters. The Balaban J connectivity index is 2.01. The first-order valence-corrected chi connectivity index (χ1v) is 10.7. The summed E-state index contributed by atoms with van der Waals surface area (Å²) in [5, 5.41) is 0.849. The van der Waals surface area contributed by atoms with Gasteiger partial charge in [-0.15, -0.1) is 10.0 Å². The average molecular weight is 373 g/mol. The number of hydrogen-bond acceptors (Lipinski definition) is 0. The van der Waals surface area contributed by atoms with Crippen LogP contribution in [0.5, 0.6) is 0 Å². The van der Waals surface area contributed by atoms with E-state index in [1.165, 1.54) is 30.7 Å². The molecule has 0 bridgehead atoms. The molecule has 0 N–H and O–H groups in total. The van der Waals surface area contributed by atoms with Crippen molar-refractivity contribution in [1.82, 2.24) is 0 Å². The molecule has 0 saturated heterocycles. The van der Waals surface area contributed by atoms with Crippen molar-refractivity contribution < 1.29 is 0 Å². The van der Waals surface area contributed by atoms with Crippen molar-refractivity contribution in [2.45, 2.75) is 19.6 Å². The maximum absolute atomic E-state index is 6.86. The number of rotatable bonds is 2. The molecule has 0 unspecified atom stereocenters. The molecule has 4 aromatic rings. The molecule has 0 saturated carbocycles. The Morgan fingerprint density at radius 3 is 1.69 bits per heavy atom. The second-order valence-electron chi connectivity index (χ2n) is 6.35. The zero-order chi connectivity index (χ0) is 17.6. The van der Waals surface area contributed by atoms with Crippen molar-refractivity contribution in [2.75, 3.05) is 0 Å². The van der Waals surface area contributed by atoms with Crippen LogP contribution in [-0.2, 0) is 0 Å². The van der Waals surface area contributed by atoms with Gasteiger partial charge in [-0.1, -0.05) is 78.3 Å². The van der Waals surface area contributed by atoms with Gasteiger partial charge in [0.1, 0.15) is 0 Å². The Labute approximate surface area is 160 Å². The number of halogens is 1. The highest BCUT2D eigenvalue weighted by Crippen LogP contribution is 2.80. The number of hydrogen-bond donors (Lipinski definition) is 0. The zero-order valence-electron chi connectivity index (χ0n) is 14.1. The molecule has 0 amide bonds. The highest BCUT2D eigenvalue weighted by molar-refractivity contribution is 8.34. The lowest BCUT2D eigenvalue weighted by Crippen LogP contribution is -2.02. The Kier molecular flexibility index (Phi) is 3.66. The van der Waals surface area contributed by atoms with E-state index in [9.17, 15) is 0 Å². The van der Waals surface area contributed by atoms with E-state index in [0.29, 0.717) is 0 Å². The van der Waals surface area contributed by atoms with Crippen LogP contribution in [0.3, 0.4) is 0 Å². The van der Waals surface area contributed by atoms with Gasteiger partial charge in [-0.05, 0) is 47.5 Å². The van der Waals surface area contributed by atoms with E-state index in [1.807, 2.05) is 6.07 Å². The van der Waals surface area contributed by atoms with Crippen molar-refractivity contribution in [2.24, 2.45) is 0 Å². The van der Waals surface area contributed by atoms with Crippen LogP contribution in [0.4, 0.5) is 0 Å². The molecule has 1 heterocycles. The Hall–Kier alpha value is -2.48. The minimum Gasteiger partial charge on any atom is -0.130 e. The van der Waals surface area contributed by atoms with E-state index in [1.54, 1.807) is 0 Å². The summed E-state index contributed by atoms with van der Waals surface area (Å²) in [5.41, 5.74) is 2.56. The summed E-state index contributed by atoms with van der Waals surface area (Å²) in [6.07, 6.45) is 0. The molecule has 1 aliphatic heterocycles. The van der Waals surface area contributed by atoms with Crippen molar-refractivity contribution in [3.8, 4) is 11.1 Å². The smallest absolute Gasteiger partial charge is 0.0542 e. The van der Waals surface area contributed by atoms with E-state index in [0.717, 1.165) is 5.02 Å². The van der Waals surface area contributed by atoms with Gasteiger partial charge in [-0.25, -0.2) is 0 Å². The molecule has 0 aromatic heterocycles. The van der Waals surface area contributed by atoms with Gasteiger partial charge in [0, 0.05) is 19.6 Å². The summed E-state index contributed by atoms with van der Waals surface area (Å²) in [6, 6.07) is 36.7. The van der Waals surface area contributed by atoms with Gasteiger partial charge in [-0.3, -0.25) is 0 Å². The maximum Gasteiger partial charge on any atom is 0.0542 e. The third kappa shape index (κ3) is 2.05. The predicted octanol–water partition coefficient (Wildman–Crippen LogP) is 7.66. The summed E-state index contributed by atoms with van der Waals surface area (Å²) in [4.78, 5) is 5.29. The van der Waals surface area contributed by atoms with E-state index >= 15 is 0 Å². The van der Waals surface area contributed by atoms with E-state index < -0.39 is 10.0 Å². The van der Waals surface area contributed by atoms with Crippen LogP contribution in [0, 0.1) is 0 Å². The summed E-state index contributed by atoms with van der Waals surface area (Å²) < 4.78 is 0. The molecule has 5 rings (SSSR count). The molecular weight excluding hydrogens is 356 g/mol. The van der Waals surface area contributed by atoms with Crippen molar-refractivity contribution in [1.29, 1.82) is 0 Å². The highest BCUT2D eigenvalue weighted by atomic mass is 35.5. The maximum atomic E-state index is 6.86. The summed E-state index contributed by atoms with van der Waals surface area (Å²) in [7, 11) is -1.60. The van der Waals surface area contributed by atoms with Crippen molar-refractivity contribution in [3.63, 3.8) is 0 Å². The first-order chi connectivity index (χ1) is 12.8. The average Bonchev–Trinajstić information content (AvgIpc) is 3.02. The third-order valence-electron chi connectivity index (χ3n) is 4.97. The summed E-state index contributed by atoms with van der Waals surface area (Å²) >= 11 is 6.86. The quantitative estimate of drug-likeness (QED) is 0.298. The first-order valence-electron chi connectivity index (χ1n) is 8.65. The van der Waals surface area contributed by atoms with Crippen LogP contribution >= 0.6 is 21.6 Å². The van der Waals surface area contributed by atoms with Crippen LogP contribution in [0.2, 0.25) is 5.02 Å². The summed E-state index contributed by atoms with van der Waals surface area (Å²) in [5.74, 6) is 0. The second kappa shape index (κ2) is 6.05. The Morgan fingerprint density at radius 2 is 1.04 bits per heavy atom. The van der Waals surface area contributed by atoms with E-state index in [4.69, 9.17) is 11.6 Å². The Bertz CT molecular complexity index is 1050. The molecule has 26 heavy (non-hydrogen) atoms. The Morgan fingerprint density at radius 1 is 0.500 bits per heavy atom. The number of fused-ring (bicyclic) bond motifs is 3. The molecule has 0 radical (unpaired) electrons. The zero-order valence-corrected chi connectivity index (χ0v) is 15.7. The van der Waals surface area contributed by atoms with Crippen LogP contribution in [0.25, 0.3) is 11.1 Å². The van der Waals surface area contributed by atoms with Crippen LogP contribution in [-0.4, -0.2) is 0 Å². The molecule has 0 nitrogen and oxygen atoms in total. The number of benzene rings is 4. The molecule has 4 aromatic carbocycles. The third-order valence-corrected chi connectivity index (χ3v) is 9.43. The highest BCUT2D eigenvalue weighted by Gasteiger charge is 2.43. The molecule has 0 fully saturated rings. The van der Waals surface area contributed by atoms with Gasteiger partial charge in [0.25, 0.3) is 0 Å². The van der Waals surface area contributed by atoms with Gasteiger partial charge in [0.05, 0.1) is 5.02 Å². The molecule has 1 aliphatic rings. The predicted molar refractivity (Wildman–Crippen MR) is 110 cm³/mol. The monoisotopic (exact) mass is 372 g/mol. The van der Waals surface area contributed by atoms with E-state index in [-0.39, 0.29) is 0 Å². The lowest BCUT2D eigenvalue weighted by molar-refractivity contribution is 1.29. The largest absolute Gasteiger partial charge is 0.130 e. The van der Waals surface area contributed by atoms with Crippen LogP contribution < -0.4 is 0 Å². The molecular formula is C24H17ClS. The van der Waals surface area contributed by atoms with E-state index in [2.05, 4.69) is 97.1 Å². The van der Waals surface area contributed by atoms with Gasteiger partial charge >= 0.3 is 0 Å². The van der Waals surface area contributed by atoms with Crippen molar-refractivity contribution in [3.05, 3.63) is 108 Å². The van der Waals surface area contributed by atoms with Gasteiger partial charge < -0.3 is 0 Å². The lowest BCUT2D eigenvalue weighted by Gasteiger charge is -2.39. The molecule has 2 heteroatoms. The second-order valence-corrected chi connectivity index (χ2v) is 9.77.